The van der Waals surface area contributed by atoms with Gasteiger partial charge in [-0.15, -0.1) is 0 Å². The number of hydrogen-bond donors (Lipinski definition) is 0. The number of hydrogen-bond acceptors (Lipinski definition) is 6. The quantitative estimate of drug-likeness (QED) is 0.793. The fourth-order valence-electron chi connectivity index (χ4n) is 3.07. The molecule has 0 amide bonds. The fraction of sp³-hybridized carbons (Fsp3) is 0.688. The molecule has 6 heteroatoms. The number of likely N-dealkylation sites (tertiary alicyclic amines) is 1. The van der Waals surface area contributed by atoms with Gasteiger partial charge in [0.25, 0.3) is 0 Å². The van der Waals surface area contributed by atoms with Crippen LogP contribution in [-0.2, 0) is 0 Å². The van der Waals surface area contributed by atoms with Gasteiger partial charge in [-0.2, -0.15) is 5.26 Å². The maximum Gasteiger partial charge on any atom is 0.232 e. The number of piperidine rings is 2. The molecular formula is C16H23N5O. The van der Waals surface area contributed by atoms with E-state index in [2.05, 4.69) is 21.1 Å². The van der Waals surface area contributed by atoms with Gasteiger partial charge >= 0.3 is 0 Å². The van der Waals surface area contributed by atoms with E-state index in [4.69, 9.17) is 10.00 Å². The minimum atomic E-state index is 0.508. The normalized spacial score (nSPS) is 19.8. The monoisotopic (exact) mass is 301 g/mol. The molecule has 0 unspecified atom stereocenters. The molecule has 3 heterocycles. The zero-order chi connectivity index (χ0) is 15.2. The smallest absolute Gasteiger partial charge is 0.232 e. The highest BCUT2D eigenvalue weighted by molar-refractivity contribution is 5.36. The van der Waals surface area contributed by atoms with Crippen molar-refractivity contribution in [1.82, 2.24) is 14.9 Å². The number of nitrogens with zero attached hydrogens (tertiary/aromatic N) is 5. The molecule has 1 aromatic rings. The summed E-state index contributed by atoms with van der Waals surface area (Å²) in [5.74, 6) is 2.06. The van der Waals surface area contributed by atoms with E-state index < -0.39 is 0 Å². The molecule has 0 radical (unpaired) electrons. The Morgan fingerprint density at radius 3 is 2.50 bits per heavy atom. The van der Waals surface area contributed by atoms with E-state index in [1.54, 1.807) is 6.20 Å². The number of nitriles is 1. The summed E-state index contributed by atoms with van der Waals surface area (Å²) >= 11 is 0. The molecular weight excluding hydrogens is 278 g/mol. The van der Waals surface area contributed by atoms with Crippen LogP contribution in [0.4, 0.5) is 5.82 Å². The van der Waals surface area contributed by atoms with Gasteiger partial charge in [-0.3, -0.25) is 0 Å². The van der Waals surface area contributed by atoms with Crippen molar-refractivity contribution in [2.45, 2.75) is 32.1 Å². The molecule has 2 fully saturated rings. The van der Waals surface area contributed by atoms with Crippen LogP contribution in [0, 0.1) is 17.4 Å². The van der Waals surface area contributed by atoms with Gasteiger partial charge in [0, 0.05) is 26.2 Å². The minimum Gasteiger partial charge on any atom is -0.476 e. The van der Waals surface area contributed by atoms with E-state index in [1.807, 2.05) is 11.1 Å². The number of aromatic nitrogens is 2. The molecule has 0 N–H and O–H groups in total. The average Bonchev–Trinajstić information content (AvgIpc) is 2.61. The highest BCUT2D eigenvalue weighted by Gasteiger charge is 2.19. The van der Waals surface area contributed by atoms with Crippen molar-refractivity contribution >= 4 is 5.82 Å². The lowest BCUT2D eigenvalue weighted by Gasteiger charge is -2.28. The Morgan fingerprint density at radius 1 is 1.09 bits per heavy atom. The van der Waals surface area contributed by atoms with E-state index >= 15 is 0 Å². The zero-order valence-electron chi connectivity index (χ0n) is 12.9. The highest BCUT2D eigenvalue weighted by atomic mass is 16.5. The van der Waals surface area contributed by atoms with Gasteiger partial charge in [0.05, 0.1) is 19.0 Å². The first-order chi connectivity index (χ1) is 10.8. The predicted octanol–water partition coefficient (Wildman–Crippen LogP) is 2.04. The van der Waals surface area contributed by atoms with Crippen LogP contribution >= 0.6 is 0 Å². The summed E-state index contributed by atoms with van der Waals surface area (Å²) in [4.78, 5) is 13.0. The van der Waals surface area contributed by atoms with Crippen LogP contribution in [0.5, 0.6) is 5.88 Å². The third-order valence-corrected chi connectivity index (χ3v) is 4.52. The van der Waals surface area contributed by atoms with E-state index in [0.717, 1.165) is 44.8 Å². The van der Waals surface area contributed by atoms with Crippen LogP contribution in [0.1, 0.15) is 32.1 Å². The second-order valence-electron chi connectivity index (χ2n) is 6.10. The first-order valence-electron chi connectivity index (χ1n) is 8.19. The van der Waals surface area contributed by atoms with E-state index in [0.29, 0.717) is 18.4 Å². The van der Waals surface area contributed by atoms with Crippen molar-refractivity contribution in [2.75, 3.05) is 37.7 Å². The molecule has 2 aliphatic rings. The molecule has 3 rings (SSSR count). The summed E-state index contributed by atoms with van der Waals surface area (Å²) in [6.07, 6.45) is 11.6. The minimum absolute atomic E-state index is 0.508. The lowest BCUT2D eigenvalue weighted by atomic mass is 9.98. The number of anilines is 1. The number of ether oxygens (including phenoxy) is 1. The molecule has 6 nitrogen and oxygen atoms in total. The maximum absolute atomic E-state index is 8.84. The summed E-state index contributed by atoms with van der Waals surface area (Å²) in [6.45, 7) is 4.49. The van der Waals surface area contributed by atoms with E-state index in [1.165, 1.54) is 19.3 Å². The summed E-state index contributed by atoms with van der Waals surface area (Å²) < 4.78 is 5.76. The number of rotatable bonds is 4. The third-order valence-electron chi connectivity index (χ3n) is 4.52. The van der Waals surface area contributed by atoms with Crippen LogP contribution < -0.4 is 9.64 Å². The van der Waals surface area contributed by atoms with Crippen LogP contribution in [0.25, 0.3) is 0 Å². The van der Waals surface area contributed by atoms with E-state index in [-0.39, 0.29) is 0 Å². The molecule has 0 spiro atoms. The molecule has 2 saturated heterocycles. The van der Waals surface area contributed by atoms with E-state index in [9.17, 15) is 0 Å². The van der Waals surface area contributed by atoms with Crippen LogP contribution in [0.2, 0.25) is 0 Å². The van der Waals surface area contributed by atoms with Crippen molar-refractivity contribution in [3.8, 4) is 12.1 Å². The Balaban J connectivity index is 1.46. The van der Waals surface area contributed by atoms with Gasteiger partial charge in [-0.05, 0) is 38.0 Å². The fourth-order valence-corrected chi connectivity index (χ4v) is 3.07. The Morgan fingerprint density at radius 2 is 1.86 bits per heavy atom. The maximum atomic E-state index is 8.84. The van der Waals surface area contributed by atoms with Gasteiger partial charge in [-0.25, -0.2) is 9.97 Å². The van der Waals surface area contributed by atoms with Crippen molar-refractivity contribution < 1.29 is 4.74 Å². The molecule has 1 aromatic heterocycles. The van der Waals surface area contributed by atoms with Gasteiger partial charge in [0.1, 0.15) is 5.82 Å². The molecule has 0 atom stereocenters. The van der Waals surface area contributed by atoms with Gasteiger partial charge in [0.15, 0.2) is 6.19 Å². The molecule has 0 bridgehead atoms. The lowest BCUT2D eigenvalue weighted by Crippen LogP contribution is -2.32. The average molecular weight is 301 g/mol. The largest absolute Gasteiger partial charge is 0.476 e. The molecule has 0 aromatic carbocycles. The predicted molar refractivity (Wildman–Crippen MR) is 83.5 cm³/mol. The summed E-state index contributed by atoms with van der Waals surface area (Å²) in [5.41, 5.74) is 0. The summed E-state index contributed by atoms with van der Waals surface area (Å²) in [6, 6.07) is 0. The molecule has 2 aliphatic heterocycles. The molecule has 0 aliphatic carbocycles. The summed E-state index contributed by atoms with van der Waals surface area (Å²) in [5, 5.41) is 8.84. The SMILES string of the molecule is N#CN1CCC(COc2cnc(N3CCCCC3)cn2)CC1. The molecule has 0 saturated carbocycles. The summed E-state index contributed by atoms with van der Waals surface area (Å²) in [7, 11) is 0. The second kappa shape index (κ2) is 7.30. The van der Waals surface area contributed by atoms with Crippen LogP contribution in [0.15, 0.2) is 12.4 Å². The van der Waals surface area contributed by atoms with Gasteiger partial charge in [-0.1, -0.05) is 0 Å². The standard InChI is InChI=1S/C16H23N5O/c17-13-20-8-4-14(5-9-20)12-22-16-11-18-15(10-19-16)21-6-2-1-3-7-21/h10-11,14H,1-9,12H2. The third kappa shape index (κ3) is 3.79. The van der Waals surface area contributed by atoms with Crippen molar-refractivity contribution in [2.24, 2.45) is 5.92 Å². The Kier molecular flexibility index (Phi) is 4.94. The Labute approximate surface area is 131 Å². The lowest BCUT2D eigenvalue weighted by molar-refractivity contribution is 0.171. The van der Waals surface area contributed by atoms with Crippen LogP contribution in [-0.4, -0.2) is 47.7 Å². The topological polar surface area (TPSA) is 65.3 Å². The van der Waals surface area contributed by atoms with Crippen molar-refractivity contribution in [3.63, 3.8) is 0 Å². The zero-order valence-corrected chi connectivity index (χ0v) is 12.9. The van der Waals surface area contributed by atoms with Gasteiger partial charge in [0.2, 0.25) is 5.88 Å². The second-order valence-corrected chi connectivity index (χ2v) is 6.10. The van der Waals surface area contributed by atoms with Gasteiger partial charge < -0.3 is 14.5 Å². The molecule has 118 valence electrons. The van der Waals surface area contributed by atoms with Crippen molar-refractivity contribution in [1.29, 1.82) is 5.26 Å². The Hall–Kier alpha value is -2.03. The molecule has 22 heavy (non-hydrogen) atoms. The Bertz CT molecular complexity index is 498. The van der Waals surface area contributed by atoms with Crippen LogP contribution in [0.3, 0.4) is 0 Å². The van der Waals surface area contributed by atoms with Crippen molar-refractivity contribution in [3.05, 3.63) is 12.4 Å². The first kappa shape index (κ1) is 14.9. The highest BCUT2D eigenvalue weighted by Crippen LogP contribution is 2.20. The first-order valence-corrected chi connectivity index (χ1v) is 8.19.